The lowest BCUT2D eigenvalue weighted by molar-refractivity contribution is 0.411. The van der Waals surface area contributed by atoms with E-state index < -0.39 is 8.07 Å². The third kappa shape index (κ3) is 2.80. The van der Waals surface area contributed by atoms with Gasteiger partial charge in [0, 0.05) is 8.07 Å². The molecule has 2 aliphatic rings. The Kier molecular flexibility index (Phi) is 4.05. The van der Waals surface area contributed by atoms with Gasteiger partial charge in [0.1, 0.15) is 0 Å². The number of hydrogen-bond acceptors (Lipinski definition) is 0. The van der Waals surface area contributed by atoms with Gasteiger partial charge in [-0.2, -0.15) is 0 Å². The summed E-state index contributed by atoms with van der Waals surface area (Å²) in [5.41, 5.74) is 4.11. The molecule has 0 nitrogen and oxygen atoms in total. The van der Waals surface area contributed by atoms with E-state index in [-0.39, 0.29) is 0 Å². The van der Waals surface area contributed by atoms with Gasteiger partial charge in [-0.05, 0) is 5.92 Å². The van der Waals surface area contributed by atoms with Gasteiger partial charge in [0.2, 0.25) is 0 Å². The average molecular weight is 246 g/mol. The monoisotopic (exact) mass is 246 g/mol. The van der Waals surface area contributed by atoms with E-state index in [2.05, 4.69) is 37.9 Å². The van der Waals surface area contributed by atoms with Crippen LogP contribution in [0.15, 0.2) is 18.3 Å². The molecule has 0 unspecified atom stereocenters. The second kappa shape index (κ2) is 5.20. The Hall–Kier alpha value is -0.198. The number of rotatable bonds is 2. The highest BCUT2D eigenvalue weighted by molar-refractivity contribution is 6.92. The lowest BCUT2D eigenvalue weighted by atomic mass is 9.37. The second-order valence-corrected chi connectivity index (χ2v) is 12.6. The maximum absolute atomic E-state index is 3.85. The molecule has 0 aromatic heterocycles. The average Bonchev–Trinajstić information content (AvgIpc) is 2.44. The van der Waals surface area contributed by atoms with Crippen LogP contribution in [0.25, 0.3) is 0 Å². The molecule has 1 atom stereocenters. The van der Waals surface area contributed by atoms with E-state index in [1.807, 2.05) is 0 Å². The number of fused-ring (bicyclic) bond motifs is 3. The van der Waals surface area contributed by atoms with E-state index in [0.29, 0.717) is 0 Å². The van der Waals surface area contributed by atoms with E-state index >= 15 is 0 Å². The molecular formula is C15H27BSi. The van der Waals surface area contributed by atoms with Gasteiger partial charge in [-0.15, -0.1) is 5.73 Å². The Morgan fingerprint density at radius 2 is 1.71 bits per heavy atom. The van der Waals surface area contributed by atoms with Crippen LogP contribution in [0.2, 0.25) is 30.9 Å². The van der Waals surface area contributed by atoms with Crippen LogP contribution in [-0.2, 0) is 0 Å². The molecule has 2 fully saturated rings. The third-order valence-electron chi connectivity index (χ3n) is 5.08. The van der Waals surface area contributed by atoms with Crippen molar-refractivity contribution in [2.45, 2.75) is 69.4 Å². The Bertz CT molecular complexity index is 301. The highest BCUT2D eigenvalue weighted by Gasteiger charge is 2.46. The fourth-order valence-electron chi connectivity index (χ4n) is 4.58. The minimum absolute atomic E-state index is 0.800. The SMILES string of the molecule is C=C=CB1C2CCCC(CCC2)[C@@H]1[Si](C)(C)C. The molecular weight excluding hydrogens is 219 g/mol. The summed E-state index contributed by atoms with van der Waals surface area (Å²) in [7, 11) is -1.07. The quantitative estimate of drug-likeness (QED) is 0.477. The second-order valence-electron chi connectivity index (χ2n) is 7.22. The summed E-state index contributed by atoms with van der Waals surface area (Å²) in [4.78, 5) is 0. The van der Waals surface area contributed by atoms with Crippen molar-refractivity contribution in [2.75, 3.05) is 0 Å². The van der Waals surface area contributed by atoms with E-state index in [0.717, 1.165) is 23.9 Å². The van der Waals surface area contributed by atoms with Gasteiger partial charge in [0.05, 0.1) is 0 Å². The first kappa shape index (κ1) is 13.2. The lowest BCUT2D eigenvalue weighted by Gasteiger charge is -2.37. The van der Waals surface area contributed by atoms with Crippen LogP contribution in [0.3, 0.4) is 0 Å². The Balaban J connectivity index is 2.37. The summed E-state index contributed by atoms with van der Waals surface area (Å²) in [6.07, 6.45) is 8.84. The smallest absolute Gasteiger partial charge is 0.143 e. The molecule has 17 heavy (non-hydrogen) atoms. The third-order valence-corrected chi connectivity index (χ3v) is 7.93. The largest absolute Gasteiger partial charge is 0.180 e. The van der Waals surface area contributed by atoms with Crippen molar-refractivity contribution in [3.63, 3.8) is 0 Å². The molecule has 2 rings (SSSR count). The van der Waals surface area contributed by atoms with Gasteiger partial charge < -0.3 is 0 Å². The van der Waals surface area contributed by atoms with E-state index in [4.69, 9.17) is 0 Å². The fraction of sp³-hybridized carbons (Fsp3) is 0.800. The van der Waals surface area contributed by atoms with Crippen LogP contribution in [-0.4, -0.2) is 14.8 Å². The van der Waals surface area contributed by atoms with E-state index in [9.17, 15) is 0 Å². The first-order chi connectivity index (χ1) is 8.04. The molecule has 0 radical (unpaired) electrons. The summed E-state index contributed by atoms with van der Waals surface area (Å²) in [5.74, 6) is 4.29. The summed E-state index contributed by atoms with van der Waals surface area (Å²) < 4.78 is 0. The first-order valence-electron chi connectivity index (χ1n) is 7.40. The predicted molar refractivity (Wildman–Crippen MR) is 81.5 cm³/mol. The first-order valence-corrected chi connectivity index (χ1v) is 11.0. The maximum Gasteiger partial charge on any atom is 0.180 e. The van der Waals surface area contributed by atoms with Crippen LogP contribution >= 0.6 is 0 Å². The predicted octanol–water partition coefficient (Wildman–Crippen LogP) is 4.96. The molecule has 2 aliphatic heterocycles. The molecule has 0 aliphatic carbocycles. The van der Waals surface area contributed by atoms with Gasteiger partial charge in [0.25, 0.3) is 0 Å². The van der Waals surface area contributed by atoms with Crippen LogP contribution < -0.4 is 0 Å². The minimum atomic E-state index is -1.07. The molecule has 0 amide bonds. The van der Waals surface area contributed by atoms with Crippen LogP contribution in [0.5, 0.6) is 0 Å². The van der Waals surface area contributed by atoms with Gasteiger partial charge >= 0.3 is 0 Å². The van der Waals surface area contributed by atoms with E-state index in [1.165, 1.54) is 38.5 Å². The van der Waals surface area contributed by atoms with Gasteiger partial charge in [-0.3, -0.25) is 0 Å². The Labute approximate surface area is 109 Å². The fourth-order valence-corrected chi connectivity index (χ4v) is 7.86. The molecule has 2 heterocycles. The standard InChI is InChI=1S/C15H27BSi/c1-5-12-16-14-10-6-8-13(9-7-11-14)15(16)17(2,3)4/h12-15H,1,6-11H2,2-4H3/t13?,14?,15-/m0/s1. The zero-order chi connectivity index (χ0) is 12.5. The van der Waals surface area contributed by atoms with Crippen LogP contribution in [0, 0.1) is 5.92 Å². The molecule has 0 aromatic rings. The summed E-state index contributed by atoms with van der Waals surface area (Å²) in [5, 5.41) is 0. The maximum atomic E-state index is 3.85. The minimum Gasteiger partial charge on any atom is -0.143 e. The Morgan fingerprint density at radius 3 is 2.18 bits per heavy atom. The van der Waals surface area contributed by atoms with Gasteiger partial charge in [-0.1, -0.05) is 82.0 Å². The molecule has 2 heteroatoms. The van der Waals surface area contributed by atoms with Crippen molar-refractivity contribution in [1.82, 2.24) is 0 Å². The topological polar surface area (TPSA) is 0 Å². The molecule has 2 bridgehead atoms. The normalized spacial score (nSPS) is 33.8. The number of hydrogen-bond donors (Lipinski definition) is 0. The highest BCUT2D eigenvalue weighted by Crippen LogP contribution is 2.50. The summed E-state index contributed by atoms with van der Waals surface area (Å²) in [6, 6.07) is 0. The van der Waals surface area contributed by atoms with Crippen molar-refractivity contribution in [1.29, 1.82) is 0 Å². The molecule has 0 aromatic carbocycles. The highest BCUT2D eigenvalue weighted by atomic mass is 28.3. The lowest BCUT2D eigenvalue weighted by Crippen LogP contribution is -2.42. The van der Waals surface area contributed by atoms with Crippen LogP contribution in [0.4, 0.5) is 0 Å². The van der Waals surface area contributed by atoms with Crippen molar-refractivity contribution in [3.8, 4) is 0 Å². The summed E-state index contributed by atoms with van der Waals surface area (Å²) in [6.45, 7) is 12.4. The van der Waals surface area contributed by atoms with Crippen molar-refractivity contribution in [2.24, 2.45) is 5.92 Å². The zero-order valence-electron chi connectivity index (χ0n) is 11.8. The molecule has 2 saturated heterocycles. The Morgan fingerprint density at radius 1 is 1.12 bits per heavy atom. The summed E-state index contributed by atoms with van der Waals surface area (Å²) >= 11 is 0. The van der Waals surface area contributed by atoms with Gasteiger partial charge in [0.15, 0.2) is 6.71 Å². The molecule has 0 saturated carbocycles. The van der Waals surface area contributed by atoms with Crippen molar-refractivity contribution < 1.29 is 0 Å². The van der Waals surface area contributed by atoms with Crippen LogP contribution in [0.1, 0.15) is 38.5 Å². The van der Waals surface area contributed by atoms with Crippen molar-refractivity contribution >= 4 is 14.8 Å². The van der Waals surface area contributed by atoms with E-state index in [1.54, 1.807) is 0 Å². The van der Waals surface area contributed by atoms with Crippen molar-refractivity contribution in [3.05, 3.63) is 18.3 Å². The molecule has 0 spiro atoms. The molecule has 0 N–H and O–H groups in total. The molecule has 94 valence electrons. The zero-order valence-corrected chi connectivity index (χ0v) is 12.8. The van der Waals surface area contributed by atoms with Gasteiger partial charge in [-0.25, -0.2) is 0 Å².